The summed E-state index contributed by atoms with van der Waals surface area (Å²) in [7, 11) is 1.42. The molecule has 0 saturated heterocycles. The normalized spacial score (nSPS) is 10.6. The molecule has 2 aromatic rings. The minimum atomic E-state index is -0.542. The Morgan fingerprint density at radius 1 is 1.12 bits per heavy atom. The van der Waals surface area contributed by atoms with Crippen molar-refractivity contribution in [1.82, 2.24) is 10.2 Å². The van der Waals surface area contributed by atoms with E-state index >= 15 is 0 Å². The van der Waals surface area contributed by atoms with Crippen LogP contribution in [0.2, 0.25) is 5.02 Å². The van der Waals surface area contributed by atoms with E-state index in [-0.39, 0.29) is 63.5 Å². The van der Waals surface area contributed by atoms with Crippen LogP contribution in [0.15, 0.2) is 52.7 Å². The minimum absolute atomic E-state index is 0. The van der Waals surface area contributed by atoms with Crippen molar-refractivity contribution in [2.75, 3.05) is 33.3 Å². The molecule has 1 N–H and O–H groups in total. The first-order valence-electron chi connectivity index (χ1n) is 10.6. The molecule has 176 valence electrons. The standard InChI is InChI=1S/C24H28ClN4O4.Na/c1-5-29(6-2)13-12-26-24(32)18-14-19(25)20(15-21(18)33-4)27-28-22(16(3)30)23(31)17-10-8-7-9-11-17;/h7-11,14-15H,5-6,12-13H2,1-4H3,(H,26,32);/q-1;+1. The Morgan fingerprint density at radius 2 is 1.76 bits per heavy atom. The van der Waals surface area contributed by atoms with Crippen LogP contribution in [0.1, 0.15) is 41.5 Å². The number of ether oxygens (including phenoxy) is 1. The number of likely N-dealkylation sites (N-methyl/N-ethyl adjacent to an activating group) is 1. The van der Waals surface area contributed by atoms with Crippen LogP contribution < -0.4 is 39.6 Å². The molecule has 0 aliphatic carbocycles. The summed E-state index contributed by atoms with van der Waals surface area (Å²) in [4.78, 5) is 39.4. The van der Waals surface area contributed by atoms with Gasteiger partial charge in [-0.25, -0.2) is 5.11 Å². The summed E-state index contributed by atoms with van der Waals surface area (Å²) >= 11 is 6.31. The Labute approximate surface area is 227 Å². The minimum Gasteiger partial charge on any atom is -0.496 e. The van der Waals surface area contributed by atoms with E-state index in [9.17, 15) is 14.4 Å². The van der Waals surface area contributed by atoms with E-state index in [0.717, 1.165) is 19.6 Å². The number of nitrogens with zero attached hydrogens (tertiary/aromatic N) is 3. The van der Waals surface area contributed by atoms with E-state index in [2.05, 4.69) is 34.3 Å². The molecule has 0 spiro atoms. The maximum absolute atomic E-state index is 12.6. The van der Waals surface area contributed by atoms with Crippen molar-refractivity contribution in [3.05, 3.63) is 64.7 Å². The van der Waals surface area contributed by atoms with Gasteiger partial charge < -0.3 is 24.5 Å². The average molecular weight is 495 g/mol. The van der Waals surface area contributed by atoms with Gasteiger partial charge in [0.1, 0.15) is 17.2 Å². The van der Waals surface area contributed by atoms with Gasteiger partial charge in [0.15, 0.2) is 0 Å². The van der Waals surface area contributed by atoms with Gasteiger partial charge in [0.25, 0.3) is 5.91 Å². The number of benzene rings is 2. The molecule has 0 aromatic heterocycles. The second-order valence-electron chi connectivity index (χ2n) is 7.09. The molecule has 0 radical (unpaired) electrons. The van der Waals surface area contributed by atoms with Crippen LogP contribution in [0.5, 0.6) is 5.75 Å². The van der Waals surface area contributed by atoms with Crippen molar-refractivity contribution in [2.24, 2.45) is 10.2 Å². The SMILES string of the molecule is CCN(CC)CCNC(=O)c1cc(Cl)c(N=N[C-](C(C)=O)C(=O)c2ccccc2)cc1OC.[Na+]. The fourth-order valence-electron chi connectivity index (χ4n) is 3.03. The van der Waals surface area contributed by atoms with Gasteiger partial charge in [-0.05, 0) is 26.1 Å². The smallest absolute Gasteiger partial charge is 0.496 e. The quantitative estimate of drug-likeness (QED) is 0.158. The van der Waals surface area contributed by atoms with Crippen LogP contribution in [0.3, 0.4) is 0 Å². The van der Waals surface area contributed by atoms with Crippen LogP contribution in [0.4, 0.5) is 5.69 Å². The molecule has 0 atom stereocenters. The number of Topliss-reactive ketones (excluding diaryl/α,β-unsaturated/α-hetero) is 2. The maximum Gasteiger partial charge on any atom is 1.00 e. The third-order valence-corrected chi connectivity index (χ3v) is 5.27. The summed E-state index contributed by atoms with van der Waals surface area (Å²) in [5, 5.41) is 10.8. The maximum atomic E-state index is 12.6. The molecular weight excluding hydrogens is 467 g/mol. The fraction of sp³-hybridized carbons (Fsp3) is 0.333. The number of carbonyl (C=O) groups excluding carboxylic acids is 3. The number of carbonyl (C=O) groups is 3. The van der Waals surface area contributed by atoms with Crippen molar-refractivity contribution in [3.8, 4) is 5.75 Å². The largest absolute Gasteiger partial charge is 1.00 e. The number of methoxy groups -OCH3 is 1. The average Bonchev–Trinajstić information content (AvgIpc) is 2.82. The van der Waals surface area contributed by atoms with Crippen molar-refractivity contribution in [3.63, 3.8) is 0 Å². The summed E-state index contributed by atoms with van der Waals surface area (Å²) in [6.45, 7) is 8.35. The Kier molecular flexibility index (Phi) is 13.1. The second kappa shape index (κ2) is 14.9. The second-order valence-corrected chi connectivity index (χ2v) is 7.49. The topological polar surface area (TPSA) is 100 Å². The van der Waals surface area contributed by atoms with Gasteiger partial charge in [-0.3, -0.25) is 4.79 Å². The van der Waals surface area contributed by atoms with Crippen LogP contribution >= 0.6 is 11.6 Å². The van der Waals surface area contributed by atoms with Crippen molar-refractivity contribution >= 4 is 34.8 Å². The third-order valence-electron chi connectivity index (χ3n) is 4.96. The van der Waals surface area contributed by atoms with Crippen LogP contribution in [0, 0.1) is 6.04 Å². The molecular formula is C24H28ClN4NaO4. The van der Waals surface area contributed by atoms with Crippen LogP contribution in [-0.2, 0) is 4.79 Å². The van der Waals surface area contributed by atoms with E-state index in [1.807, 2.05) is 0 Å². The first kappa shape index (κ1) is 29.8. The van der Waals surface area contributed by atoms with Gasteiger partial charge in [-0.1, -0.05) is 43.6 Å². The van der Waals surface area contributed by atoms with Gasteiger partial charge >= 0.3 is 29.6 Å². The predicted molar refractivity (Wildman–Crippen MR) is 127 cm³/mol. The molecule has 2 rings (SSSR count). The van der Waals surface area contributed by atoms with E-state index in [4.69, 9.17) is 16.3 Å². The van der Waals surface area contributed by atoms with Gasteiger partial charge in [-0.15, -0.1) is 17.7 Å². The van der Waals surface area contributed by atoms with E-state index in [0.29, 0.717) is 12.1 Å². The van der Waals surface area contributed by atoms with E-state index in [1.54, 1.807) is 30.3 Å². The first-order chi connectivity index (χ1) is 15.8. The zero-order chi connectivity index (χ0) is 24.4. The number of ketones is 2. The predicted octanol–water partition coefficient (Wildman–Crippen LogP) is 1.51. The fourth-order valence-corrected chi connectivity index (χ4v) is 3.24. The van der Waals surface area contributed by atoms with Crippen LogP contribution in [0.25, 0.3) is 0 Å². The summed E-state index contributed by atoms with van der Waals surface area (Å²) in [6, 6.07) is 10.9. The molecule has 0 heterocycles. The number of amides is 1. The van der Waals surface area contributed by atoms with Crippen LogP contribution in [-0.4, -0.2) is 55.7 Å². The Morgan fingerprint density at radius 3 is 2.32 bits per heavy atom. The zero-order valence-electron chi connectivity index (χ0n) is 20.2. The Hall–Kier alpha value is -2.23. The summed E-state index contributed by atoms with van der Waals surface area (Å²) in [5.74, 6) is -1.16. The molecule has 0 unspecified atom stereocenters. The van der Waals surface area contributed by atoms with Gasteiger partial charge in [0.2, 0.25) is 0 Å². The monoisotopic (exact) mass is 494 g/mol. The van der Waals surface area contributed by atoms with Gasteiger partial charge in [0.05, 0.1) is 23.5 Å². The summed E-state index contributed by atoms with van der Waals surface area (Å²) in [6.07, 6.45) is 0. The molecule has 0 aliphatic rings. The van der Waals surface area contributed by atoms with Crippen molar-refractivity contribution < 1.29 is 48.7 Å². The molecule has 1 amide bonds. The molecule has 10 heteroatoms. The van der Waals surface area contributed by atoms with E-state index < -0.39 is 11.6 Å². The number of halogens is 1. The molecule has 0 bridgehead atoms. The molecule has 2 aromatic carbocycles. The van der Waals surface area contributed by atoms with Gasteiger partial charge in [0, 0.05) is 25.2 Å². The number of rotatable bonds is 12. The number of hydrogen-bond acceptors (Lipinski definition) is 7. The Bertz CT molecular complexity index is 1010. The zero-order valence-corrected chi connectivity index (χ0v) is 23.0. The first-order valence-corrected chi connectivity index (χ1v) is 11.0. The molecule has 34 heavy (non-hydrogen) atoms. The third kappa shape index (κ3) is 8.21. The molecule has 0 saturated carbocycles. The van der Waals surface area contributed by atoms with Crippen molar-refractivity contribution in [1.29, 1.82) is 0 Å². The van der Waals surface area contributed by atoms with Crippen molar-refractivity contribution in [2.45, 2.75) is 20.8 Å². The number of hydrogen-bond donors (Lipinski definition) is 1. The van der Waals surface area contributed by atoms with E-state index in [1.165, 1.54) is 26.2 Å². The molecule has 0 aliphatic heterocycles. The summed E-state index contributed by atoms with van der Waals surface area (Å²) < 4.78 is 5.33. The Balaban J connectivity index is 0.00000578. The van der Waals surface area contributed by atoms with Gasteiger partial charge in [-0.2, -0.15) is 5.11 Å². The number of azo groups is 1. The summed E-state index contributed by atoms with van der Waals surface area (Å²) in [5.41, 5.74) is 0.729. The molecule has 0 fully saturated rings. The molecule has 8 nitrogen and oxygen atoms in total. The number of nitrogens with one attached hydrogen (secondary N) is 1.